The second-order valence-corrected chi connectivity index (χ2v) is 8.42. The molecule has 0 radical (unpaired) electrons. The van der Waals surface area contributed by atoms with Crippen LogP contribution in [0.5, 0.6) is 0 Å². The summed E-state index contributed by atoms with van der Waals surface area (Å²) in [6.45, 7) is 11.9. The molecule has 0 saturated carbocycles. The topological polar surface area (TPSA) is 42.2 Å². The molecular weight excluding hydrogens is 274 g/mol. The van der Waals surface area contributed by atoms with Crippen LogP contribution in [0, 0.1) is 0 Å². The number of thioether (sulfide) groups is 1. The van der Waals surface area contributed by atoms with E-state index in [9.17, 15) is 0 Å². The minimum absolute atomic E-state index is 0.512. The van der Waals surface area contributed by atoms with Crippen molar-refractivity contribution in [3.63, 3.8) is 0 Å². The number of hydrogen-bond acceptors (Lipinski definition) is 5. The Bertz CT molecular complexity index is 409. The lowest BCUT2D eigenvalue weighted by Crippen LogP contribution is -2.40. The van der Waals surface area contributed by atoms with E-state index in [0.29, 0.717) is 23.0 Å². The van der Waals surface area contributed by atoms with E-state index < -0.39 is 0 Å². The van der Waals surface area contributed by atoms with Crippen molar-refractivity contribution in [3.05, 3.63) is 10.6 Å². The monoisotopic (exact) mass is 299 g/mol. The van der Waals surface area contributed by atoms with Gasteiger partial charge in [0.25, 0.3) is 0 Å². The van der Waals surface area contributed by atoms with Crippen molar-refractivity contribution in [2.45, 2.75) is 57.1 Å². The first-order valence-electron chi connectivity index (χ1n) is 7.15. The summed E-state index contributed by atoms with van der Waals surface area (Å²) in [6.07, 6.45) is 1.12. The molecule has 1 aliphatic rings. The van der Waals surface area contributed by atoms with Gasteiger partial charge in [-0.2, -0.15) is 11.8 Å². The highest BCUT2D eigenvalue weighted by Gasteiger charge is 2.26. The first-order chi connectivity index (χ1) is 9.05. The number of anilines is 1. The van der Waals surface area contributed by atoms with E-state index in [0.717, 1.165) is 19.5 Å². The summed E-state index contributed by atoms with van der Waals surface area (Å²) in [7, 11) is 0. The number of hydrogen-bond donors (Lipinski definition) is 1. The molecule has 0 aromatic carbocycles. The number of thiazole rings is 1. The average molecular weight is 300 g/mol. The zero-order valence-corrected chi connectivity index (χ0v) is 14.0. The zero-order valence-electron chi connectivity index (χ0n) is 12.3. The highest BCUT2D eigenvalue weighted by atomic mass is 32.2. The van der Waals surface area contributed by atoms with Crippen LogP contribution in [0.15, 0.2) is 0 Å². The standard InChI is InChI=1S/C14H25N3S2/c1-5-9(2)13-12(6-15)19-14(16-13)17-7-10(3)18-11(4)8-17/h9-11H,5-8,15H2,1-4H3. The predicted molar refractivity (Wildman–Crippen MR) is 87.4 cm³/mol. The maximum absolute atomic E-state index is 5.89. The molecule has 5 heteroatoms. The summed E-state index contributed by atoms with van der Waals surface area (Å²) in [4.78, 5) is 8.61. The summed E-state index contributed by atoms with van der Waals surface area (Å²) >= 11 is 3.87. The summed E-state index contributed by atoms with van der Waals surface area (Å²) in [5, 5.41) is 2.54. The van der Waals surface area contributed by atoms with Crippen molar-refractivity contribution in [3.8, 4) is 0 Å². The van der Waals surface area contributed by atoms with Crippen LogP contribution in [0.1, 0.15) is 50.6 Å². The van der Waals surface area contributed by atoms with E-state index in [-0.39, 0.29) is 0 Å². The Morgan fingerprint density at radius 1 is 1.37 bits per heavy atom. The Labute approximate surface area is 125 Å². The Kier molecular flexibility index (Phi) is 5.15. The van der Waals surface area contributed by atoms with Gasteiger partial charge in [0.1, 0.15) is 0 Å². The quantitative estimate of drug-likeness (QED) is 0.924. The van der Waals surface area contributed by atoms with Gasteiger partial charge in [0, 0.05) is 35.0 Å². The van der Waals surface area contributed by atoms with Crippen molar-refractivity contribution in [1.29, 1.82) is 0 Å². The minimum Gasteiger partial charge on any atom is -0.346 e. The van der Waals surface area contributed by atoms with Crippen molar-refractivity contribution in [2.24, 2.45) is 5.73 Å². The van der Waals surface area contributed by atoms with Crippen molar-refractivity contribution < 1.29 is 0 Å². The van der Waals surface area contributed by atoms with Gasteiger partial charge in [-0.3, -0.25) is 0 Å². The summed E-state index contributed by atoms with van der Waals surface area (Å²) in [5.74, 6) is 0.512. The number of aromatic nitrogens is 1. The van der Waals surface area contributed by atoms with Crippen molar-refractivity contribution in [1.82, 2.24) is 4.98 Å². The SMILES string of the molecule is CCC(C)c1nc(N2CC(C)SC(C)C2)sc1CN. The lowest BCUT2D eigenvalue weighted by Gasteiger charge is -2.34. The minimum atomic E-state index is 0.512. The Morgan fingerprint density at radius 2 is 2.00 bits per heavy atom. The number of nitrogens with zero attached hydrogens (tertiary/aromatic N) is 2. The van der Waals surface area contributed by atoms with E-state index >= 15 is 0 Å². The molecule has 2 rings (SSSR count). The fourth-order valence-corrected chi connectivity index (χ4v) is 4.95. The van der Waals surface area contributed by atoms with E-state index in [1.165, 1.54) is 15.7 Å². The van der Waals surface area contributed by atoms with Gasteiger partial charge in [-0.15, -0.1) is 11.3 Å². The highest BCUT2D eigenvalue weighted by molar-refractivity contribution is 8.00. The molecule has 1 aliphatic heterocycles. The molecule has 3 nitrogen and oxygen atoms in total. The van der Waals surface area contributed by atoms with Crippen LogP contribution in [0.2, 0.25) is 0 Å². The molecule has 108 valence electrons. The summed E-state index contributed by atoms with van der Waals surface area (Å²) in [6, 6.07) is 0. The van der Waals surface area contributed by atoms with Crippen LogP contribution >= 0.6 is 23.1 Å². The molecule has 0 spiro atoms. The molecule has 1 fully saturated rings. The Hall–Kier alpha value is -0.260. The molecule has 2 N–H and O–H groups in total. The summed E-state index contributed by atoms with van der Waals surface area (Å²) in [5.41, 5.74) is 7.11. The first kappa shape index (κ1) is 15.1. The fourth-order valence-electron chi connectivity index (χ4n) is 2.54. The number of rotatable bonds is 4. The third-order valence-corrected chi connectivity index (χ3v) is 6.05. The van der Waals surface area contributed by atoms with Gasteiger partial charge in [-0.05, 0) is 12.3 Å². The largest absolute Gasteiger partial charge is 0.346 e. The van der Waals surface area contributed by atoms with E-state index in [1.54, 1.807) is 11.3 Å². The van der Waals surface area contributed by atoms with E-state index in [2.05, 4.69) is 44.4 Å². The van der Waals surface area contributed by atoms with Crippen LogP contribution in [0.3, 0.4) is 0 Å². The normalized spacial score (nSPS) is 25.6. The predicted octanol–water partition coefficient (Wildman–Crippen LogP) is 3.45. The molecule has 0 aliphatic carbocycles. The maximum atomic E-state index is 5.89. The van der Waals surface area contributed by atoms with Crippen LogP contribution < -0.4 is 10.6 Å². The fraction of sp³-hybridized carbons (Fsp3) is 0.786. The maximum Gasteiger partial charge on any atom is 0.185 e. The third-order valence-electron chi connectivity index (χ3n) is 3.67. The lowest BCUT2D eigenvalue weighted by atomic mass is 10.0. The van der Waals surface area contributed by atoms with Gasteiger partial charge < -0.3 is 10.6 Å². The van der Waals surface area contributed by atoms with E-state index in [4.69, 9.17) is 10.7 Å². The molecule has 0 bridgehead atoms. The van der Waals surface area contributed by atoms with Crippen molar-refractivity contribution >= 4 is 28.2 Å². The molecule has 3 unspecified atom stereocenters. The number of nitrogens with two attached hydrogens (primary N) is 1. The molecule has 2 heterocycles. The molecule has 3 atom stereocenters. The second-order valence-electron chi connectivity index (χ2n) is 5.48. The average Bonchev–Trinajstić information content (AvgIpc) is 2.80. The third kappa shape index (κ3) is 3.44. The van der Waals surface area contributed by atoms with Crippen molar-refractivity contribution in [2.75, 3.05) is 18.0 Å². The van der Waals surface area contributed by atoms with Crippen LogP contribution in [0.4, 0.5) is 5.13 Å². The Balaban J connectivity index is 2.22. The summed E-state index contributed by atoms with van der Waals surface area (Å²) < 4.78 is 0. The van der Waals surface area contributed by atoms with Crippen LogP contribution in [0.25, 0.3) is 0 Å². The van der Waals surface area contributed by atoms with Gasteiger partial charge in [0.2, 0.25) is 0 Å². The van der Waals surface area contributed by atoms with Gasteiger partial charge in [0.15, 0.2) is 5.13 Å². The molecule has 1 aromatic heterocycles. The highest BCUT2D eigenvalue weighted by Crippen LogP contribution is 2.35. The zero-order chi connectivity index (χ0) is 14.0. The van der Waals surface area contributed by atoms with Crippen LogP contribution in [-0.2, 0) is 6.54 Å². The molecule has 19 heavy (non-hydrogen) atoms. The van der Waals surface area contributed by atoms with Gasteiger partial charge in [0.05, 0.1) is 5.69 Å². The van der Waals surface area contributed by atoms with E-state index in [1.807, 2.05) is 0 Å². The van der Waals surface area contributed by atoms with Gasteiger partial charge in [-0.25, -0.2) is 4.98 Å². The molecule has 1 aromatic rings. The smallest absolute Gasteiger partial charge is 0.185 e. The van der Waals surface area contributed by atoms with Crippen LogP contribution in [-0.4, -0.2) is 28.6 Å². The molecular formula is C14H25N3S2. The van der Waals surface area contributed by atoms with Gasteiger partial charge >= 0.3 is 0 Å². The molecule has 0 amide bonds. The van der Waals surface area contributed by atoms with Gasteiger partial charge in [-0.1, -0.05) is 27.7 Å². The Morgan fingerprint density at radius 3 is 2.53 bits per heavy atom. The lowest BCUT2D eigenvalue weighted by molar-refractivity contribution is 0.692. The molecule has 1 saturated heterocycles. The second kappa shape index (κ2) is 6.46. The first-order valence-corrected chi connectivity index (χ1v) is 8.91.